The Kier molecular flexibility index (Phi) is 5.97. The quantitative estimate of drug-likeness (QED) is 0.845. The van der Waals surface area contributed by atoms with E-state index in [1.807, 2.05) is 0 Å². The van der Waals surface area contributed by atoms with Crippen molar-refractivity contribution < 1.29 is 18.7 Å². The van der Waals surface area contributed by atoms with Gasteiger partial charge in [0.05, 0.1) is 14.2 Å². The molecule has 23 heavy (non-hydrogen) atoms. The molecular weight excluding hydrogens is 297 g/mol. The number of methoxy groups -OCH3 is 2. The number of amides is 1. The molecule has 122 valence electrons. The van der Waals surface area contributed by atoms with Crippen molar-refractivity contribution >= 4 is 11.6 Å². The van der Waals surface area contributed by atoms with Gasteiger partial charge in [-0.15, -0.1) is 0 Å². The summed E-state index contributed by atoms with van der Waals surface area (Å²) in [5.41, 5.74) is 1.68. The predicted octanol–water partition coefficient (Wildman–Crippen LogP) is 3.80. The molecule has 0 saturated heterocycles. The molecule has 2 aromatic rings. The van der Waals surface area contributed by atoms with Crippen LogP contribution in [0.2, 0.25) is 0 Å². The molecule has 1 amide bonds. The summed E-state index contributed by atoms with van der Waals surface area (Å²) < 4.78 is 23.2. The lowest BCUT2D eigenvalue weighted by Gasteiger charge is -2.10. The Hall–Kier alpha value is -2.56. The molecule has 0 radical (unpaired) electrons. The molecule has 0 unspecified atom stereocenters. The highest BCUT2D eigenvalue weighted by Crippen LogP contribution is 2.29. The smallest absolute Gasteiger partial charge is 0.224 e. The normalized spacial score (nSPS) is 10.2. The zero-order valence-electron chi connectivity index (χ0n) is 13.3. The zero-order valence-corrected chi connectivity index (χ0v) is 13.3. The second kappa shape index (κ2) is 8.17. The van der Waals surface area contributed by atoms with Crippen LogP contribution in [0.4, 0.5) is 10.1 Å². The van der Waals surface area contributed by atoms with E-state index < -0.39 is 0 Å². The number of carbonyl (C=O) groups excluding carboxylic acids is 1. The molecule has 0 heterocycles. The largest absolute Gasteiger partial charge is 0.493 e. The lowest BCUT2D eigenvalue weighted by atomic mass is 10.1. The monoisotopic (exact) mass is 317 g/mol. The fourth-order valence-corrected chi connectivity index (χ4v) is 2.24. The van der Waals surface area contributed by atoms with Gasteiger partial charge in [-0.2, -0.15) is 0 Å². The minimum Gasteiger partial charge on any atom is -0.493 e. The SMILES string of the molecule is COc1ccc(NC(=O)CCCc2ccc(F)cc2)cc1OC. The van der Waals surface area contributed by atoms with E-state index in [2.05, 4.69) is 5.32 Å². The van der Waals surface area contributed by atoms with E-state index >= 15 is 0 Å². The van der Waals surface area contributed by atoms with Crippen molar-refractivity contribution in [3.05, 3.63) is 53.8 Å². The first-order valence-corrected chi connectivity index (χ1v) is 7.38. The number of carbonyl (C=O) groups is 1. The van der Waals surface area contributed by atoms with Crippen molar-refractivity contribution in [3.8, 4) is 11.5 Å². The first-order valence-electron chi connectivity index (χ1n) is 7.38. The van der Waals surface area contributed by atoms with E-state index in [-0.39, 0.29) is 11.7 Å². The van der Waals surface area contributed by atoms with E-state index in [0.29, 0.717) is 30.0 Å². The lowest BCUT2D eigenvalue weighted by molar-refractivity contribution is -0.116. The van der Waals surface area contributed by atoms with E-state index in [0.717, 1.165) is 12.0 Å². The second-order valence-corrected chi connectivity index (χ2v) is 5.10. The zero-order chi connectivity index (χ0) is 16.7. The molecule has 1 N–H and O–H groups in total. The van der Waals surface area contributed by atoms with E-state index in [1.54, 1.807) is 44.6 Å². The van der Waals surface area contributed by atoms with Crippen LogP contribution >= 0.6 is 0 Å². The second-order valence-electron chi connectivity index (χ2n) is 5.10. The summed E-state index contributed by atoms with van der Waals surface area (Å²) in [5, 5.41) is 2.83. The molecule has 0 aliphatic carbocycles. The standard InChI is InChI=1S/C18H20FNO3/c1-22-16-11-10-15(12-17(16)23-2)20-18(21)5-3-4-13-6-8-14(19)9-7-13/h6-12H,3-5H2,1-2H3,(H,20,21). The molecule has 5 heteroatoms. The van der Waals surface area contributed by atoms with Crippen molar-refractivity contribution in [1.29, 1.82) is 0 Å². The van der Waals surface area contributed by atoms with Gasteiger partial charge >= 0.3 is 0 Å². The van der Waals surface area contributed by atoms with Crippen molar-refractivity contribution in [2.24, 2.45) is 0 Å². The van der Waals surface area contributed by atoms with Gasteiger partial charge in [0.1, 0.15) is 5.82 Å². The number of halogens is 1. The minimum atomic E-state index is -0.250. The Morgan fingerprint density at radius 1 is 1.04 bits per heavy atom. The number of benzene rings is 2. The van der Waals surface area contributed by atoms with Crippen LogP contribution in [-0.2, 0) is 11.2 Å². The highest BCUT2D eigenvalue weighted by atomic mass is 19.1. The molecule has 2 rings (SSSR count). The summed E-state index contributed by atoms with van der Waals surface area (Å²) in [7, 11) is 3.11. The lowest BCUT2D eigenvalue weighted by Crippen LogP contribution is -2.11. The third-order valence-electron chi connectivity index (χ3n) is 3.45. The van der Waals surface area contributed by atoms with Gasteiger partial charge in [-0.3, -0.25) is 4.79 Å². The molecule has 0 atom stereocenters. The maximum atomic E-state index is 12.8. The molecule has 0 bridgehead atoms. The molecular formula is C18H20FNO3. The van der Waals surface area contributed by atoms with Gasteiger partial charge in [-0.25, -0.2) is 4.39 Å². The van der Waals surface area contributed by atoms with Gasteiger partial charge in [-0.1, -0.05) is 12.1 Å². The number of rotatable bonds is 7. The number of hydrogen-bond donors (Lipinski definition) is 1. The third kappa shape index (κ3) is 4.98. The van der Waals surface area contributed by atoms with Crippen molar-refractivity contribution in [1.82, 2.24) is 0 Å². The van der Waals surface area contributed by atoms with Crippen LogP contribution < -0.4 is 14.8 Å². The minimum absolute atomic E-state index is 0.0701. The van der Waals surface area contributed by atoms with Crippen LogP contribution in [-0.4, -0.2) is 20.1 Å². The van der Waals surface area contributed by atoms with Crippen LogP contribution in [0.1, 0.15) is 18.4 Å². The van der Waals surface area contributed by atoms with Crippen LogP contribution in [0.5, 0.6) is 11.5 Å². The maximum absolute atomic E-state index is 12.8. The predicted molar refractivity (Wildman–Crippen MR) is 87.5 cm³/mol. The molecule has 2 aromatic carbocycles. The summed E-state index contributed by atoms with van der Waals surface area (Å²) in [6, 6.07) is 11.6. The summed E-state index contributed by atoms with van der Waals surface area (Å²) in [6.07, 6.45) is 1.83. The van der Waals surface area contributed by atoms with Gasteiger partial charge < -0.3 is 14.8 Å². The van der Waals surface area contributed by atoms with E-state index in [1.165, 1.54) is 12.1 Å². The number of aryl methyl sites for hydroxylation is 1. The average molecular weight is 317 g/mol. The molecule has 0 fully saturated rings. The Morgan fingerprint density at radius 2 is 1.74 bits per heavy atom. The topological polar surface area (TPSA) is 47.6 Å². The number of anilines is 1. The van der Waals surface area contributed by atoms with Gasteiger partial charge in [0, 0.05) is 18.2 Å². The van der Waals surface area contributed by atoms with Crippen molar-refractivity contribution in [2.45, 2.75) is 19.3 Å². The van der Waals surface area contributed by atoms with Gasteiger partial charge in [-0.05, 0) is 42.7 Å². The number of ether oxygens (including phenoxy) is 2. The van der Waals surface area contributed by atoms with Crippen LogP contribution in [0.15, 0.2) is 42.5 Å². The molecule has 0 aliphatic rings. The van der Waals surface area contributed by atoms with Crippen LogP contribution in [0.3, 0.4) is 0 Å². The summed E-state index contributed by atoms with van der Waals surface area (Å²) in [4.78, 5) is 12.0. The fourth-order valence-electron chi connectivity index (χ4n) is 2.24. The first kappa shape index (κ1) is 16.8. The molecule has 0 aromatic heterocycles. The van der Waals surface area contributed by atoms with E-state index in [4.69, 9.17) is 9.47 Å². The van der Waals surface area contributed by atoms with Crippen molar-refractivity contribution in [3.63, 3.8) is 0 Å². The number of nitrogens with one attached hydrogen (secondary N) is 1. The summed E-state index contributed by atoms with van der Waals surface area (Å²) in [5.74, 6) is 0.859. The maximum Gasteiger partial charge on any atom is 0.224 e. The van der Waals surface area contributed by atoms with Crippen LogP contribution in [0.25, 0.3) is 0 Å². The summed E-state index contributed by atoms with van der Waals surface area (Å²) >= 11 is 0. The van der Waals surface area contributed by atoms with Gasteiger partial charge in [0.25, 0.3) is 0 Å². The molecule has 0 aliphatic heterocycles. The Bertz CT molecular complexity index is 656. The van der Waals surface area contributed by atoms with E-state index in [9.17, 15) is 9.18 Å². The van der Waals surface area contributed by atoms with Gasteiger partial charge in [0.15, 0.2) is 11.5 Å². The molecule has 4 nitrogen and oxygen atoms in total. The first-order chi connectivity index (χ1) is 11.1. The van der Waals surface area contributed by atoms with Crippen LogP contribution in [0, 0.1) is 5.82 Å². The third-order valence-corrected chi connectivity index (χ3v) is 3.45. The Morgan fingerprint density at radius 3 is 2.39 bits per heavy atom. The Balaban J connectivity index is 1.83. The number of hydrogen-bond acceptors (Lipinski definition) is 3. The Labute approximate surface area is 135 Å². The van der Waals surface area contributed by atoms with Crippen molar-refractivity contribution in [2.75, 3.05) is 19.5 Å². The van der Waals surface area contributed by atoms with Gasteiger partial charge in [0.2, 0.25) is 5.91 Å². The fraction of sp³-hybridized carbons (Fsp3) is 0.278. The molecule has 0 spiro atoms. The highest BCUT2D eigenvalue weighted by Gasteiger charge is 2.07. The summed E-state index contributed by atoms with van der Waals surface area (Å²) in [6.45, 7) is 0. The molecule has 0 saturated carbocycles. The highest BCUT2D eigenvalue weighted by molar-refractivity contribution is 5.91. The average Bonchev–Trinajstić information content (AvgIpc) is 2.56.